The van der Waals surface area contributed by atoms with Crippen LogP contribution < -0.4 is 0 Å². The van der Waals surface area contributed by atoms with E-state index in [-0.39, 0.29) is 31.1 Å². The highest BCUT2D eigenvalue weighted by Gasteiger charge is 2.19. The predicted molar refractivity (Wildman–Crippen MR) is 279 cm³/mol. The summed E-state index contributed by atoms with van der Waals surface area (Å²) in [4.78, 5) is 38.0. The molecule has 0 N–H and O–H groups in total. The second-order valence-electron chi connectivity index (χ2n) is 18.1. The number of hydrogen-bond acceptors (Lipinski definition) is 6. The Morgan fingerprint density at radius 3 is 0.985 bits per heavy atom. The zero-order chi connectivity index (χ0) is 47.2. The van der Waals surface area contributed by atoms with Gasteiger partial charge in [0.2, 0.25) is 0 Å². The molecule has 1 atom stereocenters. The van der Waals surface area contributed by atoms with Crippen molar-refractivity contribution in [2.45, 2.75) is 271 Å². The maximum atomic E-state index is 12.8. The van der Waals surface area contributed by atoms with Gasteiger partial charge in [-0.1, -0.05) is 229 Å². The van der Waals surface area contributed by atoms with Crippen LogP contribution in [-0.4, -0.2) is 37.2 Å². The van der Waals surface area contributed by atoms with Crippen LogP contribution in [0.25, 0.3) is 0 Å². The largest absolute Gasteiger partial charge is 0.462 e. The number of carbonyl (C=O) groups excluding carboxylic acids is 3. The van der Waals surface area contributed by atoms with Gasteiger partial charge in [0.25, 0.3) is 0 Å². The van der Waals surface area contributed by atoms with E-state index in [4.69, 9.17) is 14.2 Å². The molecule has 0 aromatic heterocycles. The minimum Gasteiger partial charge on any atom is -0.462 e. The number of rotatable bonds is 49. The van der Waals surface area contributed by atoms with Gasteiger partial charge in [-0.15, -0.1) is 0 Å². The molecule has 0 heterocycles. The maximum absolute atomic E-state index is 12.8. The van der Waals surface area contributed by atoms with Gasteiger partial charge in [-0.25, -0.2) is 0 Å². The monoisotopic (exact) mass is 907 g/mol. The summed E-state index contributed by atoms with van der Waals surface area (Å²) in [6.45, 7) is 6.49. The van der Waals surface area contributed by atoms with E-state index in [1.54, 1.807) is 0 Å². The Hall–Kier alpha value is -3.15. The van der Waals surface area contributed by atoms with Crippen LogP contribution in [0.15, 0.2) is 72.9 Å². The molecular weight excluding hydrogens is 805 g/mol. The zero-order valence-electron chi connectivity index (χ0n) is 42.7. The highest BCUT2D eigenvalue weighted by molar-refractivity contribution is 5.71. The Labute approximate surface area is 402 Å². The molecular formula is C59H102O6. The number of esters is 3. The fourth-order valence-corrected chi connectivity index (χ4v) is 7.58. The van der Waals surface area contributed by atoms with E-state index < -0.39 is 6.10 Å². The Morgan fingerprint density at radius 1 is 0.323 bits per heavy atom. The molecule has 6 heteroatoms. The summed E-state index contributed by atoms with van der Waals surface area (Å²) in [5.41, 5.74) is 0. The summed E-state index contributed by atoms with van der Waals surface area (Å²) >= 11 is 0. The third kappa shape index (κ3) is 51.7. The standard InChI is InChI=1S/C59H102O6/c1-4-7-10-13-16-19-22-25-27-28-29-30-31-32-33-35-37-40-43-46-49-52-58(61)64-55-56(54-63-57(60)51-48-45-42-39-36-24-21-18-15-12-9-6-3)65-59(62)53-50-47-44-41-38-34-26-23-20-17-14-11-8-5-2/h7,10,16,18-19,21,25,27,29-30,32-33,56H,4-6,8-9,11-15,17,20,22-24,26,28,31,34-55H2,1-3H3/b10-7-,19-16-,21-18-,27-25-,30-29-,33-32-. The summed E-state index contributed by atoms with van der Waals surface area (Å²) in [7, 11) is 0. The van der Waals surface area contributed by atoms with Crippen molar-refractivity contribution in [1.82, 2.24) is 0 Å². The van der Waals surface area contributed by atoms with Crippen molar-refractivity contribution in [3.05, 3.63) is 72.9 Å². The van der Waals surface area contributed by atoms with Gasteiger partial charge in [0.05, 0.1) is 0 Å². The van der Waals surface area contributed by atoms with Crippen molar-refractivity contribution in [3.8, 4) is 0 Å². The van der Waals surface area contributed by atoms with Gasteiger partial charge >= 0.3 is 17.9 Å². The quantitative estimate of drug-likeness (QED) is 0.0262. The first-order chi connectivity index (χ1) is 32.0. The molecule has 0 saturated carbocycles. The SMILES string of the molecule is CC/C=C\C/C=C\C/C=C\C/C=C\C/C=C\CCCCCCCC(=O)OCC(COC(=O)CCCCCCC/C=C\CCCCC)OC(=O)CCCCCCCCCCCCCCCC. The molecule has 1 unspecified atom stereocenters. The van der Waals surface area contributed by atoms with Crippen molar-refractivity contribution >= 4 is 17.9 Å². The normalized spacial score (nSPS) is 12.6. The molecule has 0 aliphatic carbocycles. The lowest BCUT2D eigenvalue weighted by Gasteiger charge is -2.18. The molecule has 0 radical (unpaired) electrons. The first-order valence-electron chi connectivity index (χ1n) is 27.4. The van der Waals surface area contributed by atoms with E-state index in [0.29, 0.717) is 19.3 Å². The van der Waals surface area contributed by atoms with Crippen molar-refractivity contribution in [1.29, 1.82) is 0 Å². The van der Waals surface area contributed by atoms with Crippen LogP contribution in [-0.2, 0) is 28.6 Å². The summed E-state index contributed by atoms with van der Waals surface area (Å²) in [6.07, 6.45) is 67.4. The van der Waals surface area contributed by atoms with Crippen LogP contribution in [0.3, 0.4) is 0 Å². The van der Waals surface area contributed by atoms with Gasteiger partial charge in [-0.3, -0.25) is 14.4 Å². The average molecular weight is 907 g/mol. The van der Waals surface area contributed by atoms with Crippen LogP contribution in [0, 0.1) is 0 Å². The highest BCUT2D eigenvalue weighted by atomic mass is 16.6. The third-order valence-corrected chi connectivity index (χ3v) is 11.7. The molecule has 0 fully saturated rings. The van der Waals surface area contributed by atoms with Gasteiger partial charge in [0.15, 0.2) is 6.10 Å². The van der Waals surface area contributed by atoms with Crippen LogP contribution in [0.5, 0.6) is 0 Å². The topological polar surface area (TPSA) is 78.9 Å². The zero-order valence-corrected chi connectivity index (χ0v) is 42.7. The Kier molecular flexibility index (Phi) is 50.9. The van der Waals surface area contributed by atoms with Crippen LogP contribution >= 0.6 is 0 Å². The number of hydrogen-bond donors (Lipinski definition) is 0. The molecule has 0 bridgehead atoms. The van der Waals surface area contributed by atoms with Gasteiger partial charge in [-0.2, -0.15) is 0 Å². The first-order valence-corrected chi connectivity index (χ1v) is 27.4. The number of allylic oxidation sites excluding steroid dienone is 12. The molecule has 6 nitrogen and oxygen atoms in total. The van der Waals surface area contributed by atoms with E-state index in [2.05, 4.69) is 93.7 Å². The lowest BCUT2D eigenvalue weighted by atomic mass is 10.0. The lowest BCUT2D eigenvalue weighted by molar-refractivity contribution is -0.167. The molecule has 0 rings (SSSR count). The van der Waals surface area contributed by atoms with Gasteiger partial charge in [0, 0.05) is 19.3 Å². The molecule has 0 amide bonds. The smallest absolute Gasteiger partial charge is 0.306 e. The van der Waals surface area contributed by atoms with E-state index in [9.17, 15) is 14.4 Å². The minimum atomic E-state index is -0.784. The summed E-state index contributed by atoms with van der Waals surface area (Å²) in [6, 6.07) is 0. The number of unbranched alkanes of at least 4 members (excludes halogenated alkanes) is 26. The molecule has 0 aliphatic heterocycles. The third-order valence-electron chi connectivity index (χ3n) is 11.7. The minimum absolute atomic E-state index is 0.0843. The molecule has 374 valence electrons. The highest BCUT2D eigenvalue weighted by Crippen LogP contribution is 2.15. The van der Waals surface area contributed by atoms with Gasteiger partial charge in [-0.05, 0) is 89.9 Å². The van der Waals surface area contributed by atoms with Crippen molar-refractivity contribution in [3.63, 3.8) is 0 Å². The number of carbonyl (C=O) groups is 3. The summed E-state index contributed by atoms with van der Waals surface area (Å²) in [5.74, 6) is -0.905. The average Bonchev–Trinajstić information content (AvgIpc) is 3.30. The molecule has 0 aliphatic rings. The van der Waals surface area contributed by atoms with Gasteiger partial charge < -0.3 is 14.2 Å². The Balaban J connectivity index is 4.38. The van der Waals surface area contributed by atoms with Crippen LogP contribution in [0.1, 0.15) is 265 Å². The van der Waals surface area contributed by atoms with Crippen molar-refractivity contribution in [2.75, 3.05) is 13.2 Å². The summed E-state index contributed by atoms with van der Waals surface area (Å²) in [5, 5.41) is 0. The maximum Gasteiger partial charge on any atom is 0.306 e. The van der Waals surface area contributed by atoms with Crippen molar-refractivity contribution in [2.24, 2.45) is 0 Å². The van der Waals surface area contributed by atoms with E-state index in [1.807, 2.05) is 0 Å². The lowest BCUT2D eigenvalue weighted by Crippen LogP contribution is -2.30. The molecule has 0 spiro atoms. The molecule has 65 heavy (non-hydrogen) atoms. The second kappa shape index (κ2) is 53.5. The van der Waals surface area contributed by atoms with E-state index >= 15 is 0 Å². The predicted octanol–water partition coefficient (Wildman–Crippen LogP) is 18.2. The second-order valence-corrected chi connectivity index (χ2v) is 18.1. The molecule has 0 saturated heterocycles. The van der Waals surface area contributed by atoms with E-state index in [1.165, 1.54) is 109 Å². The number of ether oxygens (including phenoxy) is 3. The Morgan fingerprint density at radius 2 is 0.600 bits per heavy atom. The fraction of sp³-hybridized carbons (Fsp3) is 0.746. The summed E-state index contributed by atoms with van der Waals surface area (Å²) < 4.78 is 16.8. The Bertz CT molecular complexity index is 1230. The molecule has 0 aromatic rings. The first kappa shape index (κ1) is 61.9. The van der Waals surface area contributed by atoms with E-state index in [0.717, 1.165) is 116 Å². The fourth-order valence-electron chi connectivity index (χ4n) is 7.58. The molecule has 0 aromatic carbocycles. The van der Waals surface area contributed by atoms with Crippen molar-refractivity contribution < 1.29 is 28.6 Å². The van der Waals surface area contributed by atoms with Crippen LogP contribution in [0.2, 0.25) is 0 Å². The van der Waals surface area contributed by atoms with Crippen LogP contribution in [0.4, 0.5) is 0 Å². The van der Waals surface area contributed by atoms with Gasteiger partial charge in [0.1, 0.15) is 13.2 Å².